The highest BCUT2D eigenvalue weighted by Gasteiger charge is 2.20. The molecule has 1 atom stereocenters. The van der Waals surface area contributed by atoms with Gasteiger partial charge in [-0.25, -0.2) is 9.67 Å². The third-order valence-electron chi connectivity index (χ3n) is 4.76. The second-order valence-electron chi connectivity index (χ2n) is 7.54. The molecule has 4 aromatic heterocycles. The lowest BCUT2D eigenvalue weighted by atomic mass is 10.1. The molecule has 4 aromatic rings. The van der Waals surface area contributed by atoms with E-state index < -0.39 is 0 Å². The van der Waals surface area contributed by atoms with E-state index in [1.165, 1.54) is 4.88 Å². The number of carbonyl (C=O) groups is 1. The van der Waals surface area contributed by atoms with E-state index in [2.05, 4.69) is 37.3 Å². The third kappa shape index (κ3) is 3.96. The summed E-state index contributed by atoms with van der Waals surface area (Å²) < 4.78 is 7.26. The van der Waals surface area contributed by atoms with Crippen LogP contribution in [0.4, 0.5) is 0 Å². The van der Waals surface area contributed by atoms with Gasteiger partial charge < -0.3 is 9.73 Å². The van der Waals surface area contributed by atoms with Crippen molar-refractivity contribution in [1.29, 1.82) is 0 Å². The summed E-state index contributed by atoms with van der Waals surface area (Å²) in [4.78, 5) is 20.2. The largest absolute Gasteiger partial charge is 0.469 e. The van der Waals surface area contributed by atoms with Gasteiger partial charge >= 0.3 is 0 Å². The number of nitrogens with zero attached hydrogens (tertiary/aromatic N) is 3. The van der Waals surface area contributed by atoms with Gasteiger partial charge in [-0.15, -0.1) is 11.3 Å². The predicted octanol–water partition coefficient (Wildman–Crippen LogP) is 5.00. The number of hydrogen-bond donors (Lipinski definition) is 1. The molecule has 0 bridgehead atoms. The first-order valence-corrected chi connectivity index (χ1v) is 10.5. The van der Waals surface area contributed by atoms with Gasteiger partial charge in [-0.1, -0.05) is 0 Å². The number of fused-ring (bicyclic) bond motifs is 1. The van der Waals surface area contributed by atoms with Crippen LogP contribution >= 0.6 is 11.3 Å². The number of hydrogen-bond acceptors (Lipinski definition) is 5. The number of rotatable bonds is 6. The Hall–Kier alpha value is -2.93. The quantitative estimate of drug-likeness (QED) is 0.487. The fraction of sp³-hybridized carbons (Fsp3) is 0.318. The molecule has 0 saturated heterocycles. The maximum Gasteiger partial charge on any atom is 0.252 e. The molecule has 1 N–H and O–H groups in total. The maximum absolute atomic E-state index is 13.2. The van der Waals surface area contributed by atoms with E-state index in [9.17, 15) is 4.79 Å². The number of pyridine rings is 1. The molecule has 0 aliphatic heterocycles. The first kappa shape index (κ1) is 19.4. The van der Waals surface area contributed by atoms with Crippen molar-refractivity contribution in [3.63, 3.8) is 0 Å². The Balaban J connectivity index is 1.72. The Bertz CT molecular complexity index is 1140. The van der Waals surface area contributed by atoms with E-state index in [1.807, 2.05) is 35.9 Å². The van der Waals surface area contributed by atoms with E-state index in [0.29, 0.717) is 12.0 Å². The summed E-state index contributed by atoms with van der Waals surface area (Å²) in [6, 6.07) is 9.83. The zero-order valence-corrected chi connectivity index (χ0v) is 17.8. The molecule has 0 aromatic carbocycles. The lowest BCUT2D eigenvalue weighted by Crippen LogP contribution is -2.34. The molecule has 29 heavy (non-hydrogen) atoms. The average Bonchev–Trinajstić information content (AvgIpc) is 3.40. The normalized spacial score (nSPS) is 12.6. The van der Waals surface area contributed by atoms with Gasteiger partial charge in [0.25, 0.3) is 5.91 Å². The second kappa shape index (κ2) is 7.83. The predicted molar refractivity (Wildman–Crippen MR) is 115 cm³/mol. The average molecular weight is 409 g/mol. The summed E-state index contributed by atoms with van der Waals surface area (Å²) in [6.45, 7) is 8.15. The van der Waals surface area contributed by atoms with Crippen LogP contribution < -0.4 is 5.32 Å². The Labute approximate surface area is 173 Å². The molecular weight excluding hydrogens is 384 g/mol. The molecule has 7 heteroatoms. The van der Waals surface area contributed by atoms with Crippen molar-refractivity contribution in [2.75, 3.05) is 0 Å². The van der Waals surface area contributed by atoms with Gasteiger partial charge in [0.2, 0.25) is 0 Å². The number of nitrogens with one attached hydrogen (secondary N) is 1. The van der Waals surface area contributed by atoms with E-state index in [0.717, 1.165) is 27.4 Å². The molecule has 0 aliphatic carbocycles. The maximum atomic E-state index is 13.2. The van der Waals surface area contributed by atoms with Crippen LogP contribution in [0.3, 0.4) is 0 Å². The number of thiophene rings is 1. The van der Waals surface area contributed by atoms with Crippen LogP contribution in [-0.4, -0.2) is 26.7 Å². The molecule has 0 saturated carbocycles. The van der Waals surface area contributed by atoms with Crippen LogP contribution in [0.5, 0.6) is 0 Å². The lowest BCUT2D eigenvalue weighted by Gasteiger charge is -2.14. The number of furan rings is 1. The van der Waals surface area contributed by atoms with E-state index in [4.69, 9.17) is 9.40 Å². The molecule has 1 unspecified atom stereocenters. The van der Waals surface area contributed by atoms with Crippen LogP contribution in [0.25, 0.3) is 21.6 Å². The van der Waals surface area contributed by atoms with Crippen molar-refractivity contribution >= 4 is 28.3 Å². The Morgan fingerprint density at radius 1 is 1.28 bits per heavy atom. The smallest absolute Gasteiger partial charge is 0.252 e. The summed E-state index contributed by atoms with van der Waals surface area (Å²) in [5, 5.41) is 8.33. The molecule has 0 aliphatic rings. The van der Waals surface area contributed by atoms with Gasteiger partial charge in [-0.3, -0.25) is 4.79 Å². The summed E-state index contributed by atoms with van der Waals surface area (Å²) in [6.07, 6.45) is 4.01. The monoisotopic (exact) mass is 408 g/mol. The fourth-order valence-electron chi connectivity index (χ4n) is 3.37. The third-order valence-corrected chi connectivity index (χ3v) is 5.78. The van der Waals surface area contributed by atoms with Gasteiger partial charge in [0.15, 0.2) is 5.65 Å². The zero-order valence-electron chi connectivity index (χ0n) is 17.0. The molecule has 0 spiro atoms. The molecule has 150 valence electrons. The molecule has 1 amide bonds. The van der Waals surface area contributed by atoms with Crippen molar-refractivity contribution in [2.24, 2.45) is 0 Å². The molecular formula is C22H24N4O2S. The van der Waals surface area contributed by atoms with E-state index >= 15 is 0 Å². The molecule has 6 nitrogen and oxygen atoms in total. The van der Waals surface area contributed by atoms with Crippen LogP contribution in [0.1, 0.15) is 47.8 Å². The van der Waals surface area contributed by atoms with Crippen LogP contribution in [0, 0.1) is 6.92 Å². The summed E-state index contributed by atoms with van der Waals surface area (Å²) in [5.41, 5.74) is 2.11. The highest BCUT2D eigenvalue weighted by molar-refractivity contribution is 7.15. The zero-order chi connectivity index (χ0) is 20.5. The summed E-state index contributed by atoms with van der Waals surface area (Å²) in [5.74, 6) is 0.717. The first-order valence-electron chi connectivity index (χ1n) is 9.70. The first-order chi connectivity index (χ1) is 13.9. The van der Waals surface area contributed by atoms with Gasteiger partial charge in [-0.2, -0.15) is 5.10 Å². The van der Waals surface area contributed by atoms with Gasteiger partial charge in [0.05, 0.1) is 34.0 Å². The minimum absolute atomic E-state index is 0.0653. The summed E-state index contributed by atoms with van der Waals surface area (Å²) >= 11 is 1.67. The number of aromatic nitrogens is 3. The highest BCUT2D eigenvalue weighted by atomic mass is 32.1. The number of carbonyl (C=O) groups excluding carboxylic acids is 1. The molecule has 0 fully saturated rings. The minimum Gasteiger partial charge on any atom is -0.469 e. The topological polar surface area (TPSA) is 73.0 Å². The van der Waals surface area contributed by atoms with Crippen molar-refractivity contribution < 1.29 is 9.21 Å². The second-order valence-corrected chi connectivity index (χ2v) is 8.83. The van der Waals surface area contributed by atoms with Crippen molar-refractivity contribution in [3.05, 3.63) is 59.0 Å². The summed E-state index contributed by atoms with van der Waals surface area (Å²) in [7, 11) is 0. The highest BCUT2D eigenvalue weighted by Crippen LogP contribution is 2.30. The number of amides is 1. The van der Waals surface area contributed by atoms with Crippen molar-refractivity contribution in [1.82, 2.24) is 20.1 Å². The standard InChI is InChI=1S/C22H24N4O2S/c1-13(2)26-21-18(12-23-26)17(11-19(25-21)20-8-7-15(4)29-20)22(27)24-14(3)10-16-6-5-9-28-16/h5-9,11-14H,10H2,1-4H3,(H,24,27). The Morgan fingerprint density at radius 2 is 2.10 bits per heavy atom. The van der Waals surface area contributed by atoms with Crippen molar-refractivity contribution in [3.8, 4) is 10.6 Å². The van der Waals surface area contributed by atoms with Gasteiger partial charge in [0.1, 0.15) is 5.76 Å². The molecule has 4 heterocycles. The lowest BCUT2D eigenvalue weighted by molar-refractivity contribution is 0.0941. The SMILES string of the molecule is Cc1ccc(-c2cc(C(=O)NC(C)Cc3ccco3)c3cnn(C(C)C)c3n2)s1. The molecule has 0 radical (unpaired) electrons. The Morgan fingerprint density at radius 3 is 2.76 bits per heavy atom. The molecule has 4 rings (SSSR count). The van der Waals surface area contributed by atoms with Gasteiger partial charge in [-0.05, 0) is 58.0 Å². The van der Waals surface area contributed by atoms with Crippen LogP contribution in [0.2, 0.25) is 0 Å². The van der Waals surface area contributed by atoms with Crippen LogP contribution in [0.15, 0.2) is 47.2 Å². The minimum atomic E-state index is -0.130. The van der Waals surface area contributed by atoms with Crippen molar-refractivity contribution in [2.45, 2.75) is 46.2 Å². The van der Waals surface area contributed by atoms with E-state index in [1.54, 1.807) is 23.8 Å². The Kier molecular flexibility index (Phi) is 5.24. The van der Waals surface area contributed by atoms with Gasteiger partial charge in [0, 0.05) is 23.4 Å². The van der Waals surface area contributed by atoms with E-state index in [-0.39, 0.29) is 18.0 Å². The number of aryl methyl sites for hydroxylation is 1. The van der Waals surface area contributed by atoms with Crippen LogP contribution in [-0.2, 0) is 6.42 Å². The fourth-order valence-corrected chi connectivity index (χ4v) is 4.19.